The largest absolute Gasteiger partial charge is 0.356 e. The highest BCUT2D eigenvalue weighted by Gasteiger charge is 2.22. The Balaban J connectivity index is 1.56. The molecule has 0 spiro atoms. The molecule has 3 aromatic carbocycles. The van der Waals surface area contributed by atoms with Gasteiger partial charge in [-0.05, 0) is 41.3 Å². The molecule has 4 rings (SSSR count). The zero-order chi connectivity index (χ0) is 20.9. The van der Waals surface area contributed by atoms with Crippen LogP contribution in [0.3, 0.4) is 0 Å². The standard InChI is InChI=1S/C26H25ClN2O/c1-29-18-24(22-9-5-6-10-25(22)29)23(20-11-13-21(27)14-12-20)17-26(30)28-16-15-19-7-3-2-4-8-19/h2-14,18,23H,15-17H2,1H3,(H,28,30)/t23-/m1/s1. The van der Waals surface area contributed by atoms with Gasteiger partial charge in [0.15, 0.2) is 0 Å². The predicted molar refractivity (Wildman–Crippen MR) is 124 cm³/mol. The number of rotatable bonds is 7. The van der Waals surface area contributed by atoms with Gasteiger partial charge in [-0.15, -0.1) is 0 Å². The highest BCUT2D eigenvalue weighted by Crippen LogP contribution is 2.34. The van der Waals surface area contributed by atoms with E-state index in [9.17, 15) is 4.79 Å². The summed E-state index contributed by atoms with van der Waals surface area (Å²) in [6.45, 7) is 0.631. The van der Waals surface area contributed by atoms with Gasteiger partial charge in [0.25, 0.3) is 0 Å². The number of aromatic nitrogens is 1. The first kappa shape index (κ1) is 20.2. The lowest BCUT2D eigenvalue weighted by atomic mass is 9.88. The molecule has 0 saturated heterocycles. The number of carbonyl (C=O) groups excluding carboxylic acids is 1. The third-order valence-corrected chi connectivity index (χ3v) is 5.80. The maximum Gasteiger partial charge on any atom is 0.220 e. The molecule has 1 heterocycles. The number of carbonyl (C=O) groups is 1. The summed E-state index contributed by atoms with van der Waals surface area (Å²) < 4.78 is 2.13. The van der Waals surface area contributed by atoms with Crippen molar-refractivity contribution in [3.63, 3.8) is 0 Å². The van der Waals surface area contributed by atoms with Gasteiger partial charge in [-0.1, -0.05) is 72.3 Å². The topological polar surface area (TPSA) is 34.0 Å². The van der Waals surface area contributed by atoms with E-state index in [1.54, 1.807) is 0 Å². The maximum absolute atomic E-state index is 12.9. The van der Waals surface area contributed by atoms with Gasteiger partial charge in [0, 0.05) is 48.1 Å². The van der Waals surface area contributed by atoms with Crippen molar-refractivity contribution in [2.45, 2.75) is 18.8 Å². The minimum Gasteiger partial charge on any atom is -0.356 e. The number of hydrogen-bond acceptors (Lipinski definition) is 1. The van der Waals surface area contributed by atoms with Crippen LogP contribution in [0.1, 0.15) is 29.0 Å². The molecule has 0 unspecified atom stereocenters. The summed E-state index contributed by atoms with van der Waals surface area (Å²) in [6.07, 6.45) is 3.36. The number of hydrogen-bond donors (Lipinski definition) is 1. The lowest BCUT2D eigenvalue weighted by Crippen LogP contribution is -2.27. The zero-order valence-electron chi connectivity index (χ0n) is 17.0. The molecular weight excluding hydrogens is 392 g/mol. The number of nitrogens with one attached hydrogen (secondary N) is 1. The molecule has 0 radical (unpaired) electrons. The van der Waals surface area contributed by atoms with E-state index in [4.69, 9.17) is 11.6 Å². The highest BCUT2D eigenvalue weighted by atomic mass is 35.5. The van der Waals surface area contributed by atoms with E-state index in [0.717, 1.165) is 23.1 Å². The molecule has 1 aromatic heterocycles. The van der Waals surface area contributed by atoms with E-state index in [-0.39, 0.29) is 11.8 Å². The van der Waals surface area contributed by atoms with Crippen LogP contribution in [-0.4, -0.2) is 17.0 Å². The number of halogens is 1. The molecule has 1 amide bonds. The van der Waals surface area contributed by atoms with E-state index in [0.29, 0.717) is 18.0 Å². The van der Waals surface area contributed by atoms with Crippen molar-refractivity contribution in [2.24, 2.45) is 7.05 Å². The summed E-state index contributed by atoms with van der Waals surface area (Å²) in [5, 5.41) is 4.97. The lowest BCUT2D eigenvalue weighted by Gasteiger charge is -2.17. The molecule has 4 heteroatoms. The summed E-state index contributed by atoms with van der Waals surface area (Å²) in [6, 6.07) is 26.4. The van der Waals surface area contributed by atoms with Crippen LogP contribution in [0.2, 0.25) is 5.02 Å². The molecule has 4 aromatic rings. The number of fused-ring (bicyclic) bond motifs is 1. The third kappa shape index (κ3) is 4.58. The Labute approximate surface area is 182 Å². The fourth-order valence-corrected chi connectivity index (χ4v) is 4.13. The summed E-state index contributed by atoms with van der Waals surface area (Å²) in [7, 11) is 2.05. The Morgan fingerprint density at radius 2 is 1.67 bits per heavy atom. The van der Waals surface area contributed by atoms with Crippen LogP contribution in [0.5, 0.6) is 0 Å². The summed E-state index contributed by atoms with van der Waals surface area (Å²) in [5.74, 6) is 0.0175. The summed E-state index contributed by atoms with van der Waals surface area (Å²) in [4.78, 5) is 12.9. The van der Waals surface area contributed by atoms with Crippen LogP contribution in [0.4, 0.5) is 0 Å². The molecule has 30 heavy (non-hydrogen) atoms. The number of aryl methyl sites for hydroxylation is 1. The minimum atomic E-state index is -0.0370. The van der Waals surface area contributed by atoms with Gasteiger partial charge >= 0.3 is 0 Å². The van der Waals surface area contributed by atoms with Crippen molar-refractivity contribution >= 4 is 28.4 Å². The van der Waals surface area contributed by atoms with E-state index in [2.05, 4.69) is 40.3 Å². The van der Waals surface area contributed by atoms with Crippen molar-refractivity contribution in [1.29, 1.82) is 0 Å². The van der Waals surface area contributed by atoms with Crippen LogP contribution < -0.4 is 5.32 Å². The number of amides is 1. The first-order valence-electron chi connectivity index (χ1n) is 10.2. The number of nitrogens with zero attached hydrogens (tertiary/aromatic N) is 1. The highest BCUT2D eigenvalue weighted by molar-refractivity contribution is 6.30. The van der Waals surface area contributed by atoms with Crippen LogP contribution in [0, 0.1) is 0 Å². The first-order valence-corrected chi connectivity index (χ1v) is 10.6. The van der Waals surface area contributed by atoms with Crippen LogP contribution in [0.25, 0.3) is 10.9 Å². The van der Waals surface area contributed by atoms with Gasteiger partial charge in [0.2, 0.25) is 5.91 Å². The Hall–Kier alpha value is -3.04. The van der Waals surface area contributed by atoms with Gasteiger partial charge in [-0.2, -0.15) is 0 Å². The third-order valence-electron chi connectivity index (χ3n) is 5.54. The molecular formula is C26H25ClN2O. The molecule has 0 aliphatic heterocycles. The quantitative estimate of drug-likeness (QED) is 0.411. The zero-order valence-corrected chi connectivity index (χ0v) is 17.8. The summed E-state index contributed by atoms with van der Waals surface area (Å²) >= 11 is 6.11. The van der Waals surface area contributed by atoms with Gasteiger partial charge in [-0.3, -0.25) is 4.79 Å². The number of para-hydroxylation sites is 1. The molecule has 0 saturated carbocycles. The van der Waals surface area contributed by atoms with E-state index in [1.807, 2.05) is 61.6 Å². The molecule has 3 nitrogen and oxygen atoms in total. The van der Waals surface area contributed by atoms with E-state index in [1.165, 1.54) is 10.9 Å². The second-order valence-electron chi connectivity index (χ2n) is 7.61. The van der Waals surface area contributed by atoms with E-state index >= 15 is 0 Å². The van der Waals surface area contributed by atoms with Gasteiger partial charge in [0.05, 0.1) is 0 Å². The van der Waals surface area contributed by atoms with Crippen LogP contribution >= 0.6 is 11.6 Å². The van der Waals surface area contributed by atoms with Gasteiger partial charge in [0.1, 0.15) is 0 Å². The first-order chi connectivity index (χ1) is 14.6. The molecule has 0 aliphatic carbocycles. The second kappa shape index (κ2) is 9.19. The smallest absolute Gasteiger partial charge is 0.220 e. The number of benzene rings is 3. The summed E-state index contributed by atoms with van der Waals surface area (Å²) in [5.41, 5.74) is 4.64. The molecule has 1 atom stereocenters. The second-order valence-corrected chi connectivity index (χ2v) is 8.04. The fourth-order valence-electron chi connectivity index (χ4n) is 4.00. The average Bonchev–Trinajstić information content (AvgIpc) is 3.10. The molecule has 152 valence electrons. The normalized spacial score (nSPS) is 12.1. The lowest BCUT2D eigenvalue weighted by molar-refractivity contribution is -0.121. The SMILES string of the molecule is Cn1cc([C@H](CC(=O)NCCc2ccccc2)c2ccc(Cl)cc2)c2ccccc21. The fraction of sp³-hybridized carbons (Fsp3) is 0.192. The van der Waals surface area contributed by atoms with Crippen molar-refractivity contribution < 1.29 is 4.79 Å². The molecule has 1 N–H and O–H groups in total. The van der Waals surface area contributed by atoms with Gasteiger partial charge < -0.3 is 9.88 Å². The van der Waals surface area contributed by atoms with Crippen LogP contribution in [0.15, 0.2) is 85.1 Å². The van der Waals surface area contributed by atoms with Crippen molar-refractivity contribution in [3.8, 4) is 0 Å². The minimum absolute atomic E-state index is 0.0370. The average molecular weight is 417 g/mol. The molecule has 0 bridgehead atoms. The van der Waals surface area contributed by atoms with Crippen molar-refractivity contribution in [2.75, 3.05) is 6.54 Å². The maximum atomic E-state index is 12.9. The van der Waals surface area contributed by atoms with Crippen molar-refractivity contribution in [3.05, 3.63) is 107 Å². The Kier molecular flexibility index (Phi) is 6.20. The Bertz CT molecular complexity index is 1130. The molecule has 0 fully saturated rings. The molecule has 0 aliphatic rings. The van der Waals surface area contributed by atoms with Gasteiger partial charge in [-0.25, -0.2) is 0 Å². The Morgan fingerprint density at radius 1 is 0.967 bits per heavy atom. The Morgan fingerprint density at radius 3 is 2.43 bits per heavy atom. The monoisotopic (exact) mass is 416 g/mol. The van der Waals surface area contributed by atoms with E-state index < -0.39 is 0 Å². The predicted octanol–water partition coefficient (Wildman–Crippen LogP) is 5.71. The van der Waals surface area contributed by atoms with Crippen molar-refractivity contribution in [1.82, 2.24) is 9.88 Å². The van der Waals surface area contributed by atoms with Crippen LogP contribution in [-0.2, 0) is 18.3 Å².